The molecule has 2 nitrogen and oxygen atoms in total. The highest BCUT2D eigenvalue weighted by atomic mass is 16.3. The lowest BCUT2D eigenvalue weighted by Crippen LogP contribution is -1.82. The summed E-state index contributed by atoms with van der Waals surface area (Å²) in [4.78, 5) is 0. The van der Waals surface area contributed by atoms with E-state index in [4.69, 9.17) is 9.52 Å². The highest BCUT2D eigenvalue weighted by Crippen LogP contribution is 2.47. The van der Waals surface area contributed by atoms with Crippen LogP contribution in [-0.4, -0.2) is 11.7 Å². The zero-order valence-corrected chi connectivity index (χ0v) is 8.66. The molecular weight excluding hydrogens is 176 g/mol. The summed E-state index contributed by atoms with van der Waals surface area (Å²) < 4.78 is 5.66. The zero-order valence-electron chi connectivity index (χ0n) is 8.66. The van der Waals surface area contributed by atoms with Gasteiger partial charge in [0.25, 0.3) is 0 Å². The first-order valence-corrected chi connectivity index (χ1v) is 5.08. The summed E-state index contributed by atoms with van der Waals surface area (Å²) in [6, 6.07) is 4.02. The van der Waals surface area contributed by atoms with Crippen molar-refractivity contribution in [1.82, 2.24) is 0 Å². The lowest BCUT2D eigenvalue weighted by molar-refractivity contribution is 0.332. The molecule has 0 bridgehead atoms. The van der Waals surface area contributed by atoms with Gasteiger partial charge in [-0.2, -0.15) is 0 Å². The molecule has 1 aliphatic carbocycles. The van der Waals surface area contributed by atoms with Crippen LogP contribution in [0.25, 0.3) is 6.08 Å². The maximum atomic E-state index is 8.86. The minimum atomic E-state index is 0.0931. The summed E-state index contributed by atoms with van der Waals surface area (Å²) in [7, 11) is 0. The van der Waals surface area contributed by atoms with Crippen molar-refractivity contribution < 1.29 is 9.52 Å². The molecule has 2 unspecified atom stereocenters. The molecule has 1 fully saturated rings. The Hall–Kier alpha value is -1.02. The largest absolute Gasteiger partial charge is 0.461 e. The second-order valence-corrected chi connectivity index (χ2v) is 4.21. The molecule has 1 aliphatic rings. The third-order valence-corrected chi connectivity index (χ3v) is 2.76. The summed E-state index contributed by atoms with van der Waals surface area (Å²) in [5, 5.41) is 8.86. The van der Waals surface area contributed by atoms with E-state index < -0.39 is 0 Å². The molecule has 1 heterocycles. The van der Waals surface area contributed by atoms with E-state index in [1.54, 1.807) is 0 Å². The summed E-state index contributed by atoms with van der Waals surface area (Å²) in [5.41, 5.74) is 0.926. The standard InChI is InChI=1S/C12H16O2/c1-8(7-13)5-10-3-4-12(14-10)11-6-9(11)2/h3-5,9,11,13H,6-7H2,1-2H3/b8-5-. The van der Waals surface area contributed by atoms with Gasteiger partial charge in [0.1, 0.15) is 11.5 Å². The van der Waals surface area contributed by atoms with Gasteiger partial charge in [-0.05, 0) is 43.0 Å². The number of hydrogen-bond donors (Lipinski definition) is 1. The van der Waals surface area contributed by atoms with E-state index >= 15 is 0 Å². The van der Waals surface area contributed by atoms with Crippen LogP contribution in [0.5, 0.6) is 0 Å². The van der Waals surface area contributed by atoms with Crippen LogP contribution in [0.15, 0.2) is 22.1 Å². The van der Waals surface area contributed by atoms with E-state index in [0.717, 1.165) is 23.0 Å². The van der Waals surface area contributed by atoms with Crippen LogP contribution in [0.2, 0.25) is 0 Å². The topological polar surface area (TPSA) is 33.4 Å². The molecule has 14 heavy (non-hydrogen) atoms. The van der Waals surface area contributed by atoms with E-state index in [2.05, 4.69) is 6.92 Å². The fourth-order valence-electron chi connectivity index (χ4n) is 1.65. The average Bonchev–Trinajstić information content (AvgIpc) is 2.73. The van der Waals surface area contributed by atoms with Gasteiger partial charge in [0.05, 0.1) is 6.61 Å². The summed E-state index contributed by atoms with van der Waals surface area (Å²) in [6.07, 6.45) is 3.13. The van der Waals surface area contributed by atoms with Crippen molar-refractivity contribution in [2.45, 2.75) is 26.2 Å². The molecule has 2 heteroatoms. The molecule has 2 rings (SSSR count). The second-order valence-electron chi connectivity index (χ2n) is 4.21. The van der Waals surface area contributed by atoms with Gasteiger partial charge in [0, 0.05) is 5.92 Å². The fraction of sp³-hybridized carbons (Fsp3) is 0.500. The molecule has 1 aromatic rings. The maximum absolute atomic E-state index is 8.86. The number of aliphatic hydroxyl groups excluding tert-OH is 1. The number of aliphatic hydroxyl groups is 1. The van der Waals surface area contributed by atoms with Gasteiger partial charge in [-0.3, -0.25) is 0 Å². The summed E-state index contributed by atoms with van der Waals surface area (Å²) in [6.45, 7) is 4.22. The van der Waals surface area contributed by atoms with Crippen molar-refractivity contribution in [3.63, 3.8) is 0 Å². The van der Waals surface area contributed by atoms with Crippen molar-refractivity contribution in [1.29, 1.82) is 0 Å². The normalized spacial score (nSPS) is 26.6. The van der Waals surface area contributed by atoms with Gasteiger partial charge in [-0.15, -0.1) is 0 Å². The third kappa shape index (κ3) is 1.90. The van der Waals surface area contributed by atoms with Gasteiger partial charge in [0.15, 0.2) is 0 Å². The Labute approximate surface area is 84.2 Å². The van der Waals surface area contributed by atoms with Crippen molar-refractivity contribution in [3.05, 3.63) is 29.2 Å². The van der Waals surface area contributed by atoms with Crippen LogP contribution < -0.4 is 0 Å². The van der Waals surface area contributed by atoms with E-state index in [0.29, 0.717) is 5.92 Å². The Balaban J connectivity index is 2.10. The molecule has 1 saturated carbocycles. The van der Waals surface area contributed by atoms with Gasteiger partial charge < -0.3 is 9.52 Å². The first-order valence-electron chi connectivity index (χ1n) is 5.08. The molecule has 0 radical (unpaired) electrons. The Bertz CT molecular complexity index is 349. The molecule has 1 N–H and O–H groups in total. The molecule has 0 aromatic carbocycles. The van der Waals surface area contributed by atoms with Crippen LogP contribution in [0.3, 0.4) is 0 Å². The van der Waals surface area contributed by atoms with Crippen LogP contribution in [0, 0.1) is 5.92 Å². The number of hydrogen-bond acceptors (Lipinski definition) is 2. The van der Waals surface area contributed by atoms with Crippen LogP contribution in [0.1, 0.15) is 37.7 Å². The monoisotopic (exact) mass is 192 g/mol. The Kier molecular flexibility index (Phi) is 2.46. The van der Waals surface area contributed by atoms with Gasteiger partial charge in [-0.25, -0.2) is 0 Å². The first-order chi connectivity index (χ1) is 6.70. The van der Waals surface area contributed by atoms with Crippen LogP contribution in [-0.2, 0) is 0 Å². The molecule has 2 atom stereocenters. The molecule has 76 valence electrons. The fourth-order valence-corrected chi connectivity index (χ4v) is 1.65. The summed E-state index contributed by atoms with van der Waals surface area (Å²) in [5.74, 6) is 3.35. The van der Waals surface area contributed by atoms with Gasteiger partial charge >= 0.3 is 0 Å². The van der Waals surface area contributed by atoms with E-state index in [1.807, 2.05) is 25.1 Å². The van der Waals surface area contributed by atoms with Gasteiger partial charge in [-0.1, -0.05) is 6.92 Å². The van der Waals surface area contributed by atoms with Gasteiger partial charge in [0.2, 0.25) is 0 Å². The maximum Gasteiger partial charge on any atom is 0.127 e. The molecular formula is C12H16O2. The predicted molar refractivity (Wildman–Crippen MR) is 56.0 cm³/mol. The van der Waals surface area contributed by atoms with E-state index in [-0.39, 0.29) is 6.61 Å². The molecule has 0 amide bonds. The zero-order chi connectivity index (χ0) is 10.1. The Morgan fingerprint density at radius 1 is 1.64 bits per heavy atom. The smallest absolute Gasteiger partial charge is 0.127 e. The minimum Gasteiger partial charge on any atom is -0.461 e. The van der Waals surface area contributed by atoms with Crippen molar-refractivity contribution in [2.24, 2.45) is 5.92 Å². The van der Waals surface area contributed by atoms with E-state index in [9.17, 15) is 0 Å². The Morgan fingerprint density at radius 3 is 2.93 bits per heavy atom. The molecule has 1 aromatic heterocycles. The van der Waals surface area contributed by atoms with Crippen molar-refractivity contribution in [2.75, 3.05) is 6.61 Å². The third-order valence-electron chi connectivity index (χ3n) is 2.76. The number of rotatable bonds is 3. The molecule has 0 spiro atoms. The predicted octanol–water partition coefficient (Wildman–Crippen LogP) is 2.80. The minimum absolute atomic E-state index is 0.0931. The van der Waals surface area contributed by atoms with Crippen molar-refractivity contribution >= 4 is 6.08 Å². The quantitative estimate of drug-likeness (QED) is 0.798. The molecule has 0 aliphatic heterocycles. The Morgan fingerprint density at radius 2 is 2.36 bits per heavy atom. The van der Waals surface area contributed by atoms with Crippen molar-refractivity contribution in [3.8, 4) is 0 Å². The van der Waals surface area contributed by atoms with E-state index in [1.165, 1.54) is 6.42 Å². The average molecular weight is 192 g/mol. The highest BCUT2D eigenvalue weighted by molar-refractivity contribution is 5.47. The first kappa shape index (κ1) is 9.53. The molecule has 0 saturated heterocycles. The number of furan rings is 1. The SMILES string of the molecule is C/C(=C/c1ccc(C2CC2C)o1)CO. The lowest BCUT2D eigenvalue weighted by Gasteiger charge is -1.93. The summed E-state index contributed by atoms with van der Waals surface area (Å²) >= 11 is 0. The second kappa shape index (κ2) is 3.62. The highest BCUT2D eigenvalue weighted by Gasteiger charge is 2.36. The lowest BCUT2D eigenvalue weighted by atomic mass is 10.2. The van der Waals surface area contributed by atoms with Crippen LogP contribution in [0.4, 0.5) is 0 Å². The van der Waals surface area contributed by atoms with Crippen LogP contribution >= 0.6 is 0 Å².